The Morgan fingerprint density at radius 1 is 1.00 bits per heavy atom. The van der Waals surface area contributed by atoms with Crippen LogP contribution in [0.15, 0.2) is 47.6 Å². The maximum absolute atomic E-state index is 12.8. The summed E-state index contributed by atoms with van der Waals surface area (Å²) in [7, 11) is 0. The van der Waals surface area contributed by atoms with Gasteiger partial charge in [0.1, 0.15) is 5.71 Å². The van der Waals surface area contributed by atoms with Crippen molar-refractivity contribution in [1.82, 2.24) is 10.4 Å². The first kappa shape index (κ1) is 18.7. The fourth-order valence-corrected chi connectivity index (χ4v) is 4.02. The quantitative estimate of drug-likeness (QED) is 0.876. The normalized spacial score (nSPS) is 19.8. The van der Waals surface area contributed by atoms with Gasteiger partial charge in [-0.3, -0.25) is 15.2 Å². The minimum atomic E-state index is -0.0775. The number of amides is 1. The minimum absolute atomic E-state index is 0.0290. The van der Waals surface area contributed by atoms with Gasteiger partial charge in [-0.2, -0.15) is 5.10 Å². The number of aryl methyl sites for hydroxylation is 3. The lowest BCUT2D eigenvalue weighted by atomic mass is 9.99. The Bertz CT molecular complexity index is 897. The molecule has 0 spiro atoms. The van der Waals surface area contributed by atoms with Crippen molar-refractivity contribution in [1.29, 1.82) is 0 Å². The highest BCUT2D eigenvalue weighted by Crippen LogP contribution is 2.37. The minimum Gasteiger partial charge on any atom is -0.284 e. The van der Waals surface area contributed by atoms with E-state index in [1.54, 1.807) is 0 Å². The summed E-state index contributed by atoms with van der Waals surface area (Å²) < 4.78 is 0. The molecule has 28 heavy (non-hydrogen) atoms. The first-order chi connectivity index (χ1) is 13.5. The van der Waals surface area contributed by atoms with E-state index in [1.165, 1.54) is 22.3 Å². The van der Waals surface area contributed by atoms with Crippen LogP contribution in [0.25, 0.3) is 0 Å². The Morgan fingerprint density at radius 2 is 1.68 bits per heavy atom. The molecule has 2 aliphatic heterocycles. The van der Waals surface area contributed by atoms with Gasteiger partial charge in [0.15, 0.2) is 0 Å². The maximum Gasteiger partial charge on any atom is 0.281 e. The smallest absolute Gasteiger partial charge is 0.281 e. The summed E-state index contributed by atoms with van der Waals surface area (Å²) in [6.07, 6.45) is 2.87. The third kappa shape index (κ3) is 3.80. The number of benzene rings is 2. The van der Waals surface area contributed by atoms with Crippen molar-refractivity contribution in [3.8, 4) is 0 Å². The van der Waals surface area contributed by atoms with Crippen LogP contribution in [0.5, 0.6) is 0 Å². The highest BCUT2D eigenvalue weighted by atomic mass is 16.2. The molecule has 0 aromatic heterocycles. The number of rotatable bonds is 4. The number of hydrogen-bond acceptors (Lipinski definition) is 4. The van der Waals surface area contributed by atoms with Crippen LogP contribution in [0.4, 0.5) is 5.69 Å². The molecule has 2 aromatic carbocycles. The van der Waals surface area contributed by atoms with Gasteiger partial charge < -0.3 is 0 Å². The number of anilines is 1. The van der Waals surface area contributed by atoms with Gasteiger partial charge in [-0.25, -0.2) is 5.01 Å². The van der Waals surface area contributed by atoms with Crippen molar-refractivity contribution in [2.24, 2.45) is 5.10 Å². The van der Waals surface area contributed by atoms with Gasteiger partial charge in [0.05, 0.1) is 11.7 Å². The second kappa shape index (κ2) is 7.76. The maximum atomic E-state index is 12.8. The molecule has 2 heterocycles. The SMILES string of the molecule is Cc1ccc(C2CC(C(=O)NN3CCCC3)=NN2c2ccc(C)cc2C)cc1. The van der Waals surface area contributed by atoms with Crippen LogP contribution in [0.2, 0.25) is 0 Å². The van der Waals surface area contributed by atoms with Crippen molar-refractivity contribution in [2.75, 3.05) is 18.1 Å². The summed E-state index contributed by atoms with van der Waals surface area (Å²) in [6.45, 7) is 8.12. The van der Waals surface area contributed by atoms with Crippen molar-refractivity contribution in [3.63, 3.8) is 0 Å². The number of nitrogens with one attached hydrogen (secondary N) is 1. The molecule has 1 unspecified atom stereocenters. The Hall–Kier alpha value is -2.66. The van der Waals surface area contributed by atoms with Gasteiger partial charge in [-0.05, 0) is 50.8 Å². The lowest BCUT2D eigenvalue weighted by Crippen LogP contribution is -2.43. The number of hydrogen-bond donors (Lipinski definition) is 1. The fraction of sp³-hybridized carbons (Fsp3) is 0.391. The standard InChI is InChI=1S/C23H28N4O/c1-16-6-9-19(10-7-16)22-15-20(23(28)25-26-12-4-5-13-26)24-27(22)21-11-8-17(2)14-18(21)3/h6-11,14,22H,4-5,12-13,15H2,1-3H3,(H,25,28). The molecule has 1 fully saturated rings. The third-order valence-corrected chi connectivity index (χ3v) is 5.60. The van der Waals surface area contributed by atoms with Crippen LogP contribution in [-0.4, -0.2) is 29.7 Å². The first-order valence-electron chi connectivity index (χ1n) is 10.1. The summed E-state index contributed by atoms with van der Waals surface area (Å²) in [6, 6.07) is 14.9. The van der Waals surface area contributed by atoms with E-state index in [0.29, 0.717) is 12.1 Å². The Morgan fingerprint density at radius 3 is 2.36 bits per heavy atom. The van der Waals surface area contributed by atoms with Crippen LogP contribution in [0, 0.1) is 20.8 Å². The second-order valence-corrected chi connectivity index (χ2v) is 7.95. The zero-order valence-corrected chi connectivity index (χ0v) is 16.9. The summed E-state index contributed by atoms with van der Waals surface area (Å²) in [5.41, 5.74) is 9.49. The molecule has 5 heteroatoms. The monoisotopic (exact) mass is 376 g/mol. The van der Waals surface area contributed by atoms with E-state index in [-0.39, 0.29) is 11.9 Å². The van der Waals surface area contributed by atoms with E-state index < -0.39 is 0 Å². The van der Waals surface area contributed by atoms with E-state index in [2.05, 4.69) is 68.7 Å². The summed E-state index contributed by atoms with van der Waals surface area (Å²) >= 11 is 0. The second-order valence-electron chi connectivity index (χ2n) is 7.95. The number of nitrogens with zero attached hydrogens (tertiary/aromatic N) is 3. The number of carbonyl (C=O) groups is 1. The fourth-order valence-electron chi connectivity index (χ4n) is 4.02. The third-order valence-electron chi connectivity index (χ3n) is 5.60. The van der Waals surface area contributed by atoms with Gasteiger partial charge in [0.2, 0.25) is 0 Å². The van der Waals surface area contributed by atoms with Gasteiger partial charge in [-0.1, -0.05) is 47.5 Å². The molecular formula is C23H28N4O. The van der Waals surface area contributed by atoms with Crippen LogP contribution < -0.4 is 10.4 Å². The molecule has 1 N–H and O–H groups in total. The molecule has 1 atom stereocenters. The van der Waals surface area contributed by atoms with Gasteiger partial charge in [0, 0.05) is 19.5 Å². The molecule has 5 nitrogen and oxygen atoms in total. The van der Waals surface area contributed by atoms with Crippen LogP contribution in [-0.2, 0) is 4.79 Å². The molecule has 0 saturated carbocycles. The molecule has 1 amide bonds. The van der Waals surface area contributed by atoms with E-state index in [0.717, 1.165) is 31.6 Å². The molecular weight excluding hydrogens is 348 g/mol. The van der Waals surface area contributed by atoms with Crippen LogP contribution in [0.1, 0.15) is 47.6 Å². The van der Waals surface area contributed by atoms with Gasteiger partial charge >= 0.3 is 0 Å². The highest BCUT2D eigenvalue weighted by molar-refractivity contribution is 6.39. The average molecular weight is 377 g/mol. The van der Waals surface area contributed by atoms with E-state index in [9.17, 15) is 4.79 Å². The highest BCUT2D eigenvalue weighted by Gasteiger charge is 2.33. The first-order valence-corrected chi connectivity index (χ1v) is 10.1. The zero-order chi connectivity index (χ0) is 19.7. The summed E-state index contributed by atoms with van der Waals surface area (Å²) in [4.78, 5) is 12.8. The molecule has 146 valence electrons. The predicted molar refractivity (Wildman–Crippen MR) is 113 cm³/mol. The molecule has 4 rings (SSSR count). The number of carbonyl (C=O) groups excluding carboxylic acids is 1. The molecule has 2 aromatic rings. The molecule has 1 saturated heterocycles. The summed E-state index contributed by atoms with van der Waals surface area (Å²) in [5, 5.41) is 8.81. The Kier molecular flexibility index (Phi) is 5.18. The van der Waals surface area contributed by atoms with Crippen molar-refractivity contribution < 1.29 is 4.79 Å². The predicted octanol–water partition coefficient (Wildman–Crippen LogP) is 4.05. The van der Waals surface area contributed by atoms with Gasteiger partial charge in [0.25, 0.3) is 5.91 Å². The molecule has 0 aliphatic carbocycles. The number of hydrazone groups is 1. The zero-order valence-electron chi connectivity index (χ0n) is 16.9. The summed E-state index contributed by atoms with van der Waals surface area (Å²) in [5.74, 6) is -0.0775. The average Bonchev–Trinajstić information content (AvgIpc) is 3.32. The molecule has 0 radical (unpaired) electrons. The topological polar surface area (TPSA) is 47.9 Å². The van der Waals surface area contributed by atoms with Crippen molar-refractivity contribution in [2.45, 2.75) is 46.1 Å². The molecule has 0 bridgehead atoms. The molecule has 2 aliphatic rings. The van der Waals surface area contributed by atoms with E-state index in [4.69, 9.17) is 5.10 Å². The van der Waals surface area contributed by atoms with E-state index in [1.807, 2.05) is 10.0 Å². The largest absolute Gasteiger partial charge is 0.284 e. The Labute approximate surface area is 167 Å². The number of hydrazine groups is 1. The van der Waals surface area contributed by atoms with Crippen LogP contribution >= 0.6 is 0 Å². The van der Waals surface area contributed by atoms with Crippen LogP contribution in [0.3, 0.4) is 0 Å². The lowest BCUT2D eigenvalue weighted by Gasteiger charge is -2.25. The lowest BCUT2D eigenvalue weighted by molar-refractivity contribution is -0.119. The Balaban J connectivity index is 1.65. The van der Waals surface area contributed by atoms with Crippen molar-refractivity contribution >= 4 is 17.3 Å². The van der Waals surface area contributed by atoms with Gasteiger partial charge in [-0.15, -0.1) is 0 Å². The van der Waals surface area contributed by atoms with E-state index >= 15 is 0 Å². The van der Waals surface area contributed by atoms with Crippen molar-refractivity contribution in [3.05, 3.63) is 64.7 Å².